The largest absolute Gasteiger partial charge is 0.573 e. The standard InChI is InChI=1S/C9H9F3O4S/c1-2-6-4-3-5-7(16-9(10,11)12)8(6)17(13,14)15/h3-5H,2H2,1H3,(H,13,14,15). The lowest BCUT2D eigenvalue weighted by Gasteiger charge is -2.13. The maximum atomic E-state index is 12.0. The average Bonchev–Trinajstić information content (AvgIpc) is 2.12. The van der Waals surface area contributed by atoms with E-state index in [-0.39, 0.29) is 12.0 Å². The van der Waals surface area contributed by atoms with Crippen molar-refractivity contribution in [2.75, 3.05) is 0 Å². The third kappa shape index (κ3) is 3.60. The van der Waals surface area contributed by atoms with Crippen LogP contribution in [0, 0.1) is 0 Å². The van der Waals surface area contributed by atoms with Gasteiger partial charge in [0.1, 0.15) is 4.90 Å². The van der Waals surface area contributed by atoms with Gasteiger partial charge in [0.2, 0.25) is 0 Å². The van der Waals surface area contributed by atoms with Gasteiger partial charge in [-0.15, -0.1) is 13.2 Å². The Morgan fingerprint density at radius 2 is 1.94 bits per heavy atom. The van der Waals surface area contributed by atoms with Crippen LogP contribution >= 0.6 is 0 Å². The summed E-state index contributed by atoms with van der Waals surface area (Å²) in [4.78, 5) is -0.847. The number of alkyl halides is 3. The van der Waals surface area contributed by atoms with Crippen molar-refractivity contribution in [3.8, 4) is 5.75 Å². The minimum atomic E-state index is -5.02. The summed E-state index contributed by atoms with van der Waals surface area (Å²) in [5.41, 5.74) is 0.0502. The van der Waals surface area contributed by atoms with Crippen LogP contribution < -0.4 is 4.74 Å². The molecule has 0 aliphatic heterocycles. The molecule has 4 nitrogen and oxygen atoms in total. The van der Waals surface area contributed by atoms with Crippen LogP contribution in [0.15, 0.2) is 23.1 Å². The van der Waals surface area contributed by atoms with E-state index in [0.29, 0.717) is 0 Å². The second-order valence-corrected chi connectivity index (χ2v) is 4.48. The number of ether oxygens (including phenoxy) is 1. The first-order valence-electron chi connectivity index (χ1n) is 4.50. The highest BCUT2D eigenvalue weighted by Crippen LogP contribution is 2.32. The molecule has 8 heteroatoms. The van der Waals surface area contributed by atoms with Gasteiger partial charge >= 0.3 is 6.36 Å². The summed E-state index contributed by atoms with van der Waals surface area (Å²) in [7, 11) is -4.77. The second-order valence-electron chi connectivity index (χ2n) is 3.12. The van der Waals surface area contributed by atoms with E-state index in [4.69, 9.17) is 4.55 Å². The molecule has 0 radical (unpaired) electrons. The molecule has 96 valence electrons. The van der Waals surface area contributed by atoms with Gasteiger partial charge in [-0.1, -0.05) is 19.1 Å². The maximum absolute atomic E-state index is 12.0. The van der Waals surface area contributed by atoms with Crippen molar-refractivity contribution in [3.05, 3.63) is 23.8 Å². The van der Waals surface area contributed by atoms with Crippen molar-refractivity contribution in [1.29, 1.82) is 0 Å². The zero-order valence-corrected chi connectivity index (χ0v) is 9.47. The lowest BCUT2D eigenvalue weighted by atomic mass is 10.1. The summed E-state index contributed by atoms with van der Waals surface area (Å²) < 4.78 is 70.7. The minimum Gasteiger partial charge on any atom is -0.404 e. The number of halogens is 3. The zero-order chi connectivity index (χ0) is 13.3. The summed E-state index contributed by atoms with van der Waals surface area (Å²) >= 11 is 0. The molecule has 1 rings (SSSR count). The van der Waals surface area contributed by atoms with Gasteiger partial charge < -0.3 is 4.74 Å². The van der Waals surface area contributed by atoms with Gasteiger partial charge in [-0.05, 0) is 18.1 Å². The Morgan fingerprint density at radius 3 is 2.35 bits per heavy atom. The fourth-order valence-corrected chi connectivity index (χ4v) is 2.25. The first-order valence-corrected chi connectivity index (χ1v) is 5.94. The molecule has 1 N–H and O–H groups in total. The molecule has 0 aromatic heterocycles. The molecule has 0 saturated heterocycles. The number of hydrogen-bond acceptors (Lipinski definition) is 3. The molecule has 0 aliphatic carbocycles. The highest BCUT2D eigenvalue weighted by Gasteiger charge is 2.34. The van der Waals surface area contributed by atoms with Gasteiger partial charge in [0, 0.05) is 0 Å². The summed E-state index contributed by atoms with van der Waals surface area (Å²) in [5, 5.41) is 0. The predicted octanol–water partition coefficient (Wildman–Crippen LogP) is 2.39. The third-order valence-electron chi connectivity index (χ3n) is 1.92. The molecule has 0 saturated carbocycles. The highest BCUT2D eigenvalue weighted by molar-refractivity contribution is 7.86. The van der Waals surface area contributed by atoms with Crippen LogP contribution in [0.2, 0.25) is 0 Å². The summed E-state index contributed by atoms with van der Waals surface area (Å²) in [6.45, 7) is 1.54. The van der Waals surface area contributed by atoms with Crippen LogP contribution in [0.3, 0.4) is 0 Å². The Bertz CT molecular complexity index is 507. The molecular formula is C9H9F3O4S. The van der Waals surface area contributed by atoms with E-state index in [9.17, 15) is 21.6 Å². The molecule has 1 aromatic rings. The molecule has 0 unspecified atom stereocenters. The molecule has 1 aromatic carbocycles. The van der Waals surface area contributed by atoms with E-state index in [1.807, 2.05) is 0 Å². The van der Waals surface area contributed by atoms with Crippen LogP contribution in [0.1, 0.15) is 12.5 Å². The molecule has 0 fully saturated rings. The summed E-state index contributed by atoms with van der Waals surface area (Å²) in [6.07, 6.45) is -4.88. The van der Waals surface area contributed by atoms with E-state index in [2.05, 4.69) is 4.74 Å². The molecule has 0 aliphatic rings. The van der Waals surface area contributed by atoms with Gasteiger partial charge in [0.05, 0.1) is 0 Å². The van der Waals surface area contributed by atoms with Gasteiger partial charge in [-0.2, -0.15) is 8.42 Å². The first kappa shape index (κ1) is 13.8. The van der Waals surface area contributed by atoms with Gasteiger partial charge in [-0.25, -0.2) is 0 Å². The molecule has 0 atom stereocenters. The monoisotopic (exact) mass is 270 g/mol. The fraction of sp³-hybridized carbons (Fsp3) is 0.333. The number of benzene rings is 1. The van der Waals surface area contributed by atoms with Crippen molar-refractivity contribution < 1.29 is 30.9 Å². The van der Waals surface area contributed by atoms with E-state index < -0.39 is 27.1 Å². The Morgan fingerprint density at radius 1 is 1.35 bits per heavy atom. The second kappa shape index (κ2) is 4.53. The van der Waals surface area contributed by atoms with Crippen LogP contribution in [0.4, 0.5) is 13.2 Å². The Labute approximate surface area is 95.8 Å². The van der Waals surface area contributed by atoms with Crippen LogP contribution in [0.5, 0.6) is 5.75 Å². The van der Waals surface area contributed by atoms with Crippen molar-refractivity contribution in [3.63, 3.8) is 0 Å². The van der Waals surface area contributed by atoms with Crippen molar-refractivity contribution in [1.82, 2.24) is 0 Å². The van der Waals surface area contributed by atoms with Crippen LogP contribution in [0.25, 0.3) is 0 Å². The van der Waals surface area contributed by atoms with E-state index in [1.54, 1.807) is 6.92 Å². The highest BCUT2D eigenvalue weighted by atomic mass is 32.2. The SMILES string of the molecule is CCc1cccc(OC(F)(F)F)c1S(=O)(=O)O. The Hall–Kier alpha value is -1.28. The molecule has 0 heterocycles. The lowest BCUT2D eigenvalue weighted by molar-refractivity contribution is -0.275. The summed E-state index contributed by atoms with van der Waals surface area (Å²) in [6, 6.07) is 3.34. The minimum absolute atomic E-state index is 0.0502. The molecule has 0 amide bonds. The number of hydrogen-bond donors (Lipinski definition) is 1. The van der Waals surface area contributed by atoms with Gasteiger partial charge in [-0.3, -0.25) is 4.55 Å². The normalized spacial score (nSPS) is 12.5. The molecule has 0 bridgehead atoms. The van der Waals surface area contributed by atoms with E-state index in [1.165, 1.54) is 12.1 Å². The van der Waals surface area contributed by atoms with Crippen LogP contribution in [-0.2, 0) is 16.5 Å². The van der Waals surface area contributed by atoms with Crippen LogP contribution in [-0.4, -0.2) is 19.3 Å². The lowest BCUT2D eigenvalue weighted by Crippen LogP contribution is -2.19. The Balaban J connectivity index is 3.41. The molecule has 0 spiro atoms. The number of rotatable bonds is 3. The topological polar surface area (TPSA) is 63.6 Å². The Kier molecular flexibility index (Phi) is 3.68. The zero-order valence-electron chi connectivity index (χ0n) is 8.65. The van der Waals surface area contributed by atoms with E-state index in [0.717, 1.165) is 6.07 Å². The van der Waals surface area contributed by atoms with E-state index >= 15 is 0 Å². The third-order valence-corrected chi connectivity index (χ3v) is 2.90. The van der Waals surface area contributed by atoms with Crippen molar-refractivity contribution >= 4 is 10.1 Å². The average molecular weight is 270 g/mol. The maximum Gasteiger partial charge on any atom is 0.573 e. The predicted molar refractivity (Wildman–Crippen MR) is 52.3 cm³/mol. The van der Waals surface area contributed by atoms with Crippen molar-refractivity contribution in [2.24, 2.45) is 0 Å². The van der Waals surface area contributed by atoms with Gasteiger partial charge in [0.25, 0.3) is 10.1 Å². The van der Waals surface area contributed by atoms with Gasteiger partial charge in [0.15, 0.2) is 5.75 Å². The molecular weight excluding hydrogens is 261 g/mol. The molecule has 17 heavy (non-hydrogen) atoms. The smallest absolute Gasteiger partial charge is 0.404 e. The van der Waals surface area contributed by atoms with Crippen molar-refractivity contribution in [2.45, 2.75) is 24.6 Å². The first-order chi connectivity index (χ1) is 7.65. The summed E-state index contributed by atoms with van der Waals surface area (Å²) in [5.74, 6) is -0.931. The fourth-order valence-electron chi connectivity index (χ4n) is 1.34. The quantitative estimate of drug-likeness (QED) is 0.856. The number of aryl methyl sites for hydroxylation is 1.